The van der Waals surface area contributed by atoms with Gasteiger partial charge in [-0.25, -0.2) is 0 Å². The van der Waals surface area contributed by atoms with Crippen molar-refractivity contribution in [3.63, 3.8) is 0 Å². The summed E-state index contributed by atoms with van der Waals surface area (Å²) in [5.74, 6) is 0.137. The molecule has 3 heteroatoms. The standard InChI is InChI=1S/C8H15N2O/c1-2-8(11)10-5-3-4-7(10)6-9/h7H,1-6,9H2. The molecule has 1 rings (SSSR count). The molecule has 0 spiro atoms. The summed E-state index contributed by atoms with van der Waals surface area (Å²) in [6.07, 6.45) is 2.51. The predicted molar refractivity (Wildman–Crippen MR) is 43.8 cm³/mol. The lowest BCUT2D eigenvalue weighted by atomic mass is 10.2. The van der Waals surface area contributed by atoms with E-state index in [1.54, 1.807) is 0 Å². The van der Waals surface area contributed by atoms with Gasteiger partial charge in [-0.1, -0.05) is 0 Å². The van der Waals surface area contributed by atoms with Gasteiger partial charge in [0.1, 0.15) is 0 Å². The smallest absolute Gasteiger partial charge is 0.222 e. The molecule has 1 heterocycles. The summed E-state index contributed by atoms with van der Waals surface area (Å²) in [5.41, 5.74) is 5.50. The molecular weight excluding hydrogens is 140 g/mol. The normalized spacial score (nSPS) is 24.2. The van der Waals surface area contributed by atoms with Crippen molar-refractivity contribution in [3.8, 4) is 0 Å². The molecular formula is C8H15N2O. The highest BCUT2D eigenvalue weighted by molar-refractivity contribution is 5.77. The van der Waals surface area contributed by atoms with E-state index in [1.165, 1.54) is 0 Å². The summed E-state index contributed by atoms with van der Waals surface area (Å²) < 4.78 is 0. The first-order valence-electron chi connectivity index (χ1n) is 4.08. The Hall–Kier alpha value is -0.570. The summed E-state index contributed by atoms with van der Waals surface area (Å²) in [4.78, 5) is 13.0. The van der Waals surface area contributed by atoms with Gasteiger partial charge < -0.3 is 10.6 Å². The number of rotatable bonds is 2. The van der Waals surface area contributed by atoms with Gasteiger partial charge in [-0.15, -0.1) is 0 Å². The molecule has 0 aromatic heterocycles. The second-order valence-electron chi connectivity index (χ2n) is 2.87. The number of likely N-dealkylation sites (tertiary alicyclic amines) is 1. The fourth-order valence-electron chi connectivity index (χ4n) is 1.55. The second-order valence-corrected chi connectivity index (χ2v) is 2.87. The van der Waals surface area contributed by atoms with Gasteiger partial charge >= 0.3 is 0 Å². The van der Waals surface area contributed by atoms with Crippen molar-refractivity contribution in [1.82, 2.24) is 4.90 Å². The van der Waals surface area contributed by atoms with E-state index in [2.05, 4.69) is 6.92 Å². The lowest BCUT2D eigenvalue weighted by Crippen LogP contribution is -2.39. The minimum Gasteiger partial charge on any atom is -0.338 e. The van der Waals surface area contributed by atoms with Crippen LogP contribution < -0.4 is 5.73 Å². The van der Waals surface area contributed by atoms with E-state index in [0.29, 0.717) is 13.0 Å². The van der Waals surface area contributed by atoms with Crippen molar-refractivity contribution in [2.45, 2.75) is 25.3 Å². The number of nitrogens with two attached hydrogens (primary N) is 1. The molecule has 63 valence electrons. The van der Waals surface area contributed by atoms with Crippen LogP contribution in [0.3, 0.4) is 0 Å². The van der Waals surface area contributed by atoms with Gasteiger partial charge in [0.05, 0.1) is 0 Å². The van der Waals surface area contributed by atoms with Crippen LogP contribution in [0, 0.1) is 6.92 Å². The SMILES string of the molecule is [CH2]CC(=O)N1CCCC1CN. The molecule has 1 amide bonds. The lowest BCUT2D eigenvalue weighted by Gasteiger charge is -2.22. The predicted octanol–water partition coefficient (Wildman–Crippen LogP) is 0.160. The number of nitrogens with zero attached hydrogens (tertiary/aromatic N) is 1. The number of carbonyl (C=O) groups excluding carboxylic acids is 1. The highest BCUT2D eigenvalue weighted by Crippen LogP contribution is 2.16. The van der Waals surface area contributed by atoms with Crippen LogP contribution in [0.1, 0.15) is 19.3 Å². The van der Waals surface area contributed by atoms with Gasteiger partial charge in [-0.05, 0) is 19.8 Å². The molecule has 1 aliphatic rings. The van der Waals surface area contributed by atoms with Crippen LogP contribution in [-0.2, 0) is 4.79 Å². The molecule has 1 aliphatic heterocycles. The molecule has 0 saturated carbocycles. The van der Waals surface area contributed by atoms with Crippen molar-refractivity contribution in [3.05, 3.63) is 6.92 Å². The topological polar surface area (TPSA) is 46.3 Å². The Morgan fingerprint density at radius 3 is 3.00 bits per heavy atom. The van der Waals surface area contributed by atoms with Crippen molar-refractivity contribution in [2.75, 3.05) is 13.1 Å². The second kappa shape index (κ2) is 3.72. The number of hydrogen-bond acceptors (Lipinski definition) is 2. The first kappa shape index (κ1) is 8.53. The average Bonchev–Trinajstić information content (AvgIpc) is 2.50. The fourth-order valence-corrected chi connectivity index (χ4v) is 1.55. The summed E-state index contributed by atoms with van der Waals surface area (Å²) >= 11 is 0. The summed E-state index contributed by atoms with van der Waals surface area (Å²) in [5, 5.41) is 0. The summed E-state index contributed by atoms with van der Waals surface area (Å²) in [6, 6.07) is 0.282. The van der Waals surface area contributed by atoms with Crippen LogP contribution in [0.2, 0.25) is 0 Å². The maximum absolute atomic E-state index is 11.2. The minimum atomic E-state index is 0.137. The van der Waals surface area contributed by atoms with Crippen LogP contribution in [0.5, 0.6) is 0 Å². The molecule has 1 atom stereocenters. The molecule has 0 aliphatic carbocycles. The van der Waals surface area contributed by atoms with E-state index < -0.39 is 0 Å². The van der Waals surface area contributed by atoms with Crippen LogP contribution in [-0.4, -0.2) is 29.9 Å². The van der Waals surface area contributed by atoms with E-state index in [0.717, 1.165) is 19.4 Å². The number of amides is 1. The fraction of sp³-hybridized carbons (Fsp3) is 0.750. The summed E-state index contributed by atoms with van der Waals surface area (Å²) in [6.45, 7) is 5.03. The van der Waals surface area contributed by atoms with E-state index in [4.69, 9.17) is 5.73 Å². The third-order valence-corrected chi connectivity index (χ3v) is 2.18. The minimum absolute atomic E-state index is 0.137. The van der Waals surface area contributed by atoms with Gasteiger partial charge in [-0.2, -0.15) is 0 Å². The van der Waals surface area contributed by atoms with Gasteiger partial charge in [-0.3, -0.25) is 4.79 Å². The highest BCUT2D eigenvalue weighted by atomic mass is 16.2. The molecule has 0 aromatic rings. The monoisotopic (exact) mass is 155 g/mol. The number of hydrogen-bond donors (Lipinski definition) is 1. The van der Waals surface area contributed by atoms with Crippen LogP contribution >= 0.6 is 0 Å². The quantitative estimate of drug-likeness (QED) is 0.617. The van der Waals surface area contributed by atoms with Crippen molar-refractivity contribution < 1.29 is 4.79 Å². The molecule has 3 nitrogen and oxygen atoms in total. The average molecular weight is 155 g/mol. The van der Waals surface area contributed by atoms with E-state index in [-0.39, 0.29) is 11.9 Å². The summed E-state index contributed by atoms with van der Waals surface area (Å²) in [7, 11) is 0. The molecule has 2 N–H and O–H groups in total. The van der Waals surface area contributed by atoms with E-state index >= 15 is 0 Å². The van der Waals surface area contributed by atoms with Gasteiger partial charge in [0.25, 0.3) is 0 Å². The molecule has 1 unspecified atom stereocenters. The third kappa shape index (κ3) is 1.71. The molecule has 11 heavy (non-hydrogen) atoms. The maximum Gasteiger partial charge on any atom is 0.222 e. The van der Waals surface area contributed by atoms with E-state index in [9.17, 15) is 4.79 Å². The highest BCUT2D eigenvalue weighted by Gasteiger charge is 2.25. The zero-order valence-corrected chi connectivity index (χ0v) is 6.75. The number of carbonyl (C=O) groups is 1. The van der Waals surface area contributed by atoms with Crippen molar-refractivity contribution in [2.24, 2.45) is 5.73 Å². The molecule has 1 fully saturated rings. The Labute approximate surface area is 67.5 Å². The lowest BCUT2D eigenvalue weighted by molar-refractivity contribution is -0.130. The third-order valence-electron chi connectivity index (χ3n) is 2.18. The zero-order valence-electron chi connectivity index (χ0n) is 6.75. The van der Waals surface area contributed by atoms with Crippen molar-refractivity contribution in [1.29, 1.82) is 0 Å². The molecule has 1 radical (unpaired) electrons. The first-order chi connectivity index (χ1) is 5.29. The maximum atomic E-state index is 11.2. The van der Waals surface area contributed by atoms with Gasteiger partial charge in [0, 0.05) is 25.6 Å². The Bertz CT molecular complexity index is 147. The zero-order chi connectivity index (χ0) is 8.27. The van der Waals surface area contributed by atoms with E-state index in [1.807, 2.05) is 4.90 Å². The van der Waals surface area contributed by atoms with Crippen LogP contribution in [0.25, 0.3) is 0 Å². The Morgan fingerprint density at radius 2 is 2.45 bits per heavy atom. The first-order valence-corrected chi connectivity index (χ1v) is 4.08. The largest absolute Gasteiger partial charge is 0.338 e. The van der Waals surface area contributed by atoms with Crippen molar-refractivity contribution >= 4 is 5.91 Å². The molecule has 0 aromatic carbocycles. The Kier molecular flexibility index (Phi) is 2.88. The van der Waals surface area contributed by atoms with Gasteiger partial charge in [0.15, 0.2) is 0 Å². The van der Waals surface area contributed by atoms with Crippen LogP contribution in [0.15, 0.2) is 0 Å². The van der Waals surface area contributed by atoms with Crippen LogP contribution in [0.4, 0.5) is 0 Å². The molecule has 1 saturated heterocycles. The Balaban J connectivity index is 2.49. The van der Waals surface area contributed by atoms with Gasteiger partial charge in [0.2, 0.25) is 5.91 Å². The molecule has 0 bridgehead atoms. The Morgan fingerprint density at radius 1 is 1.73 bits per heavy atom.